The van der Waals surface area contributed by atoms with Crippen LogP contribution in [0.1, 0.15) is 5.56 Å². The van der Waals surface area contributed by atoms with Crippen LogP contribution in [-0.4, -0.2) is 29.3 Å². The van der Waals surface area contributed by atoms with E-state index in [2.05, 4.69) is 0 Å². The molecule has 8 heteroatoms. The van der Waals surface area contributed by atoms with Crippen molar-refractivity contribution < 1.29 is 21.6 Å². The highest BCUT2D eigenvalue weighted by Gasteiger charge is 2.27. The van der Waals surface area contributed by atoms with E-state index in [0.717, 1.165) is 18.1 Å². The third-order valence-electron chi connectivity index (χ3n) is 2.90. The molecule has 0 N–H and O–H groups in total. The van der Waals surface area contributed by atoms with Crippen molar-refractivity contribution in [1.82, 2.24) is 0 Å². The summed E-state index contributed by atoms with van der Waals surface area (Å²) in [5.41, 5.74) is 1.03. The molecule has 0 amide bonds. The van der Waals surface area contributed by atoms with Crippen molar-refractivity contribution in [3.8, 4) is 5.75 Å². The Hall–Kier alpha value is -2.06. The van der Waals surface area contributed by atoms with Gasteiger partial charge in [0.05, 0.1) is 18.2 Å². The molecule has 0 fully saturated rings. The summed E-state index contributed by atoms with van der Waals surface area (Å²) < 4.78 is 52.7. The Kier molecular flexibility index (Phi) is 4.96. The van der Waals surface area contributed by atoms with E-state index in [1.165, 1.54) is 24.3 Å². The molecule has 6 nitrogen and oxygen atoms in total. The Labute approximate surface area is 136 Å². The van der Waals surface area contributed by atoms with Gasteiger partial charge in [-0.25, -0.2) is 16.8 Å². The molecular formula is C15H17NO5S2. The molecule has 0 unspecified atom stereocenters. The van der Waals surface area contributed by atoms with E-state index < -0.39 is 20.0 Å². The summed E-state index contributed by atoms with van der Waals surface area (Å²) in [4.78, 5) is 0. The lowest BCUT2D eigenvalue weighted by Gasteiger charge is -2.19. The first kappa shape index (κ1) is 17.3. The molecule has 0 bridgehead atoms. The smallest absolute Gasteiger partial charge is 0.245 e. The minimum absolute atomic E-state index is 0.0436. The minimum atomic E-state index is -3.94. The molecule has 0 saturated heterocycles. The Balaban J connectivity index is 2.18. The number of benzene rings is 2. The minimum Gasteiger partial charge on any atom is -0.489 e. The van der Waals surface area contributed by atoms with E-state index in [0.29, 0.717) is 16.1 Å². The number of hydrogen-bond donors (Lipinski definition) is 0. The molecule has 0 saturated carbocycles. The highest BCUT2D eigenvalue weighted by atomic mass is 32.3. The zero-order valence-electron chi connectivity index (χ0n) is 12.7. The molecule has 0 aliphatic rings. The fourth-order valence-electron chi connectivity index (χ4n) is 2.03. The number of nitrogens with zero attached hydrogens (tertiary/aromatic N) is 1. The number of hydrogen-bond acceptors (Lipinski definition) is 5. The van der Waals surface area contributed by atoms with Crippen molar-refractivity contribution in [2.24, 2.45) is 0 Å². The molecule has 0 atom stereocenters. The third-order valence-corrected chi connectivity index (χ3v) is 6.15. The van der Waals surface area contributed by atoms with Crippen LogP contribution in [0.15, 0.2) is 54.6 Å². The van der Waals surface area contributed by atoms with E-state index >= 15 is 0 Å². The molecule has 0 aliphatic heterocycles. The van der Waals surface area contributed by atoms with Gasteiger partial charge in [0, 0.05) is 0 Å². The van der Waals surface area contributed by atoms with Gasteiger partial charge >= 0.3 is 0 Å². The fourth-order valence-corrected chi connectivity index (χ4v) is 5.01. The Morgan fingerprint density at radius 3 is 1.83 bits per heavy atom. The highest BCUT2D eigenvalue weighted by Crippen LogP contribution is 2.24. The molecule has 124 valence electrons. The Morgan fingerprint density at radius 1 is 0.826 bits per heavy atom. The van der Waals surface area contributed by atoms with Crippen molar-refractivity contribution in [3.63, 3.8) is 0 Å². The number of sulfonamides is 2. The van der Waals surface area contributed by atoms with Crippen LogP contribution in [0.25, 0.3) is 0 Å². The maximum absolute atomic E-state index is 11.7. The molecular weight excluding hydrogens is 338 g/mol. The quantitative estimate of drug-likeness (QED) is 0.792. The van der Waals surface area contributed by atoms with Gasteiger partial charge in [0.2, 0.25) is 20.0 Å². The zero-order valence-corrected chi connectivity index (χ0v) is 14.3. The van der Waals surface area contributed by atoms with Crippen LogP contribution in [0.3, 0.4) is 0 Å². The van der Waals surface area contributed by atoms with Crippen LogP contribution in [0.5, 0.6) is 5.75 Å². The van der Waals surface area contributed by atoms with Crippen LogP contribution in [0, 0.1) is 0 Å². The summed E-state index contributed by atoms with van der Waals surface area (Å²) >= 11 is 0. The van der Waals surface area contributed by atoms with E-state index in [9.17, 15) is 16.8 Å². The SMILES string of the molecule is CS(=O)(=O)N(c1ccc(OCc2ccccc2)cc1)S(C)(=O)=O. The molecule has 23 heavy (non-hydrogen) atoms. The standard InChI is InChI=1S/C15H17NO5S2/c1-22(17,18)16(23(2,19)20)14-8-10-15(11-9-14)21-12-13-6-4-3-5-7-13/h3-11H,12H2,1-2H3. The summed E-state index contributed by atoms with van der Waals surface area (Å²) in [5, 5.41) is 0. The van der Waals surface area contributed by atoms with E-state index in [-0.39, 0.29) is 5.69 Å². The largest absolute Gasteiger partial charge is 0.489 e. The average Bonchev–Trinajstić information content (AvgIpc) is 2.45. The molecule has 0 spiro atoms. The van der Waals surface area contributed by atoms with Gasteiger partial charge in [-0.2, -0.15) is 3.71 Å². The topological polar surface area (TPSA) is 80.8 Å². The molecule has 0 heterocycles. The van der Waals surface area contributed by atoms with Gasteiger partial charge in [-0.1, -0.05) is 30.3 Å². The van der Waals surface area contributed by atoms with Gasteiger partial charge in [0.15, 0.2) is 0 Å². The van der Waals surface area contributed by atoms with Crippen LogP contribution >= 0.6 is 0 Å². The van der Waals surface area contributed by atoms with Crippen molar-refractivity contribution in [2.45, 2.75) is 6.61 Å². The van der Waals surface area contributed by atoms with Crippen LogP contribution < -0.4 is 8.45 Å². The first-order valence-electron chi connectivity index (χ1n) is 6.65. The lowest BCUT2D eigenvalue weighted by molar-refractivity contribution is 0.306. The predicted molar refractivity (Wildman–Crippen MR) is 89.4 cm³/mol. The highest BCUT2D eigenvalue weighted by molar-refractivity contribution is 8.09. The van der Waals surface area contributed by atoms with Gasteiger partial charge in [-0.3, -0.25) is 0 Å². The van der Waals surface area contributed by atoms with Gasteiger partial charge in [0.1, 0.15) is 12.4 Å². The molecule has 2 aromatic carbocycles. The van der Waals surface area contributed by atoms with E-state index in [4.69, 9.17) is 4.74 Å². The third kappa shape index (κ3) is 4.70. The monoisotopic (exact) mass is 355 g/mol. The van der Waals surface area contributed by atoms with Gasteiger partial charge in [-0.15, -0.1) is 0 Å². The summed E-state index contributed by atoms with van der Waals surface area (Å²) in [5.74, 6) is 0.513. The van der Waals surface area contributed by atoms with Crippen molar-refractivity contribution in [1.29, 1.82) is 0 Å². The number of ether oxygens (including phenoxy) is 1. The van der Waals surface area contributed by atoms with Crippen LogP contribution in [0.2, 0.25) is 0 Å². The summed E-state index contributed by atoms with van der Waals surface area (Å²) in [7, 11) is -7.88. The van der Waals surface area contributed by atoms with Crippen LogP contribution in [-0.2, 0) is 26.7 Å². The molecule has 0 aliphatic carbocycles. The van der Waals surface area contributed by atoms with E-state index in [1.54, 1.807) is 0 Å². The Morgan fingerprint density at radius 2 is 1.35 bits per heavy atom. The normalized spacial score (nSPS) is 11.9. The van der Waals surface area contributed by atoms with Gasteiger partial charge < -0.3 is 4.74 Å². The summed E-state index contributed by atoms with van der Waals surface area (Å²) in [6, 6.07) is 15.4. The molecule has 2 rings (SSSR count). The van der Waals surface area contributed by atoms with E-state index in [1.807, 2.05) is 30.3 Å². The summed E-state index contributed by atoms with van der Waals surface area (Å²) in [6.45, 7) is 0.363. The maximum atomic E-state index is 11.7. The fraction of sp³-hybridized carbons (Fsp3) is 0.200. The van der Waals surface area contributed by atoms with Gasteiger partial charge in [-0.05, 0) is 29.8 Å². The zero-order chi connectivity index (χ0) is 17.1. The van der Waals surface area contributed by atoms with Crippen LogP contribution in [0.4, 0.5) is 5.69 Å². The Bertz CT molecular complexity index is 828. The summed E-state index contributed by atoms with van der Waals surface area (Å²) in [6.07, 6.45) is 1.68. The van der Waals surface area contributed by atoms with Gasteiger partial charge in [0.25, 0.3) is 0 Å². The van der Waals surface area contributed by atoms with Crippen molar-refractivity contribution in [2.75, 3.05) is 16.2 Å². The first-order chi connectivity index (χ1) is 10.7. The van der Waals surface area contributed by atoms with Crippen molar-refractivity contribution >= 4 is 25.7 Å². The second-order valence-corrected chi connectivity index (χ2v) is 8.88. The number of rotatable bonds is 6. The lowest BCUT2D eigenvalue weighted by Crippen LogP contribution is -2.35. The molecule has 0 radical (unpaired) electrons. The molecule has 0 aromatic heterocycles. The number of anilines is 1. The average molecular weight is 355 g/mol. The first-order valence-corrected chi connectivity index (χ1v) is 10.3. The molecule has 2 aromatic rings. The lowest BCUT2D eigenvalue weighted by atomic mass is 10.2. The van der Waals surface area contributed by atoms with Crippen molar-refractivity contribution in [3.05, 3.63) is 60.2 Å². The second-order valence-electron chi connectivity index (χ2n) is 4.99. The predicted octanol–water partition coefficient (Wildman–Crippen LogP) is 1.99. The maximum Gasteiger partial charge on any atom is 0.245 e. The second kappa shape index (κ2) is 6.59.